The molecule has 0 amide bonds. The molecule has 2 rings (SSSR count). The number of ether oxygens (including phenoxy) is 1. The van der Waals surface area contributed by atoms with E-state index >= 15 is 0 Å². The van der Waals surface area contributed by atoms with Crippen LogP contribution in [0.25, 0.3) is 0 Å². The highest BCUT2D eigenvalue weighted by molar-refractivity contribution is 5.37. The number of benzene rings is 1. The van der Waals surface area contributed by atoms with Crippen molar-refractivity contribution in [3.8, 4) is 5.75 Å². The van der Waals surface area contributed by atoms with E-state index < -0.39 is 0 Å². The van der Waals surface area contributed by atoms with Crippen molar-refractivity contribution in [2.75, 3.05) is 13.2 Å². The Labute approximate surface area is 84.3 Å². The van der Waals surface area contributed by atoms with Gasteiger partial charge in [-0.3, -0.25) is 0 Å². The van der Waals surface area contributed by atoms with Gasteiger partial charge in [-0.05, 0) is 36.2 Å². The molecule has 1 aromatic carbocycles. The predicted molar refractivity (Wildman–Crippen MR) is 56.2 cm³/mol. The maximum Gasteiger partial charge on any atom is 0.119 e. The maximum absolute atomic E-state index is 5.56. The molecule has 0 unspecified atom stereocenters. The van der Waals surface area contributed by atoms with Crippen LogP contribution in [0.2, 0.25) is 0 Å². The fourth-order valence-electron chi connectivity index (χ4n) is 1.63. The summed E-state index contributed by atoms with van der Waals surface area (Å²) in [5.74, 6) is 0.959. The molecule has 3 heteroatoms. The molecule has 1 aliphatic rings. The van der Waals surface area contributed by atoms with E-state index in [1.807, 2.05) is 6.07 Å². The minimum atomic E-state index is 0.687. The first-order valence-electron chi connectivity index (χ1n) is 5.05. The minimum absolute atomic E-state index is 0.687. The molecule has 0 spiro atoms. The second-order valence-electron chi connectivity index (χ2n) is 3.52. The SMILES string of the molecule is NCCCOc1ccc2c(c1)CNC2. The summed E-state index contributed by atoms with van der Waals surface area (Å²) in [6.45, 7) is 3.34. The number of hydrogen-bond donors (Lipinski definition) is 2. The molecule has 0 fully saturated rings. The van der Waals surface area contributed by atoms with E-state index in [0.717, 1.165) is 25.3 Å². The number of hydrogen-bond acceptors (Lipinski definition) is 3. The zero-order valence-corrected chi connectivity index (χ0v) is 8.25. The van der Waals surface area contributed by atoms with Gasteiger partial charge < -0.3 is 15.8 Å². The molecule has 0 bridgehead atoms. The van der Waals surface area contributed by atoms with Crippen LogP contribution in [0.3, 0.4) is 0 Å². The molecule has 1 aromatic rings. The summed E-state index contributed by atoms with van der Waals surface area (Å²) in [6, 6.07) is 6.28. The van der Waals surface area contributed by atoms with Gasteiger partial charge in [-0.2, -0.15) is 0 Å². The average Bonchev–Trinajstić information content (AvgIpc) is 2.65. The summed E-state index contributed by atoms with van der Waals surface area (Å²) in [6.07, 6.45) is 0.912. The first-order chi connectivity index (χ1) is 6.90. The van der Waals surface area contributed by atoms with Gasteiger partial charge in [0.05, 0.1) is 6.61 Å². The van der Waals surface area contributed by atoms with Crippen LogP contribution < -0.4 is 15.8 Å². The lowest BCUT2D eigenvalue weighted by Crippen LogP contribution is -2.06. The molecule has 76 valence electrons. The quantitative estimate of drug-likeness (QED) is 0.700. The third-order valence-corrected chi connectivity index (χ3v) is 2.43. The van der Waals surface area contributed by atoms with Gasteiger partial charge in [-0.15, -0.1) is 0 Å². The molecular weight excluding hydrogens is 176 g/mol. The summed E-state index contributed by atoms with van der Waals surface area (Å²) >= 11 is 0. The minimum Gasteiger partial charge on any atom is -0.494 e. The summed E-state index contributed by atoms with van der Waals surface area (Å²) in [5.41, 5.74) is 8.13. The Kier molecular flexibility index (Phi) is 3.01. The summed E-state index contributed by atoms with van der Waals surface area (Å²) < 4.78 is 5.56. The Bertz CT molecular complexity index is 312. The zero-order valence-electron chi connectivity index (χ0n) is 8.25. The van der Waals surface area contributed by atoms with Crippen LogP contribution in [0.4, 0.5) is 0 Å². The van der Waals surface area contributed by atoms with Crippen molar-refractivity contribution in [3.63, 3.8) is 0 Å². The molecule has 3 nitrogen and oxygen atoms in total. The highest BCUT2D eigenvalue weighted by Gasteiger charge is 2.09. The van der Waals surface area contributed by atoms with Gasteiger partial charge in [0.25, 0.3) is 0 Å². The zero-order chi connectivity index (χ0) is 9.80. The fourth-order valence-corrected chi connectivity index (χ4v) is 1.63. The van der Waals surface area contributed by atoms with E-state index in [4.69, 9.17) is 10.5 Å². The number of nitrogens with one attached hydrogen (secondary N) is 1. The Morgan fingerprint density at radius 3 is 3.00 bits per heavy atom. The molecule has 0 radical (unpaired) electrons. The molecule has 0 atom stereocenters. The van der Waals surface area contributed by atoms with Crippen LogP contribution in [0.5, 0.6) is 5.75 Å². The molecule has 1 aliphatic heterocycles. The van der Waals surface area contributed by atoms with Gasteiger partial charge in [0.2, 0.25) is 0 Å². The monoisotopic (exact) mass is 192 g/mol. The second-order valence-corrected chi connectivity index (χ2v) is 3.52. The van der Waals surface area contributed by atoms with E-state index in [0.29, 0.717) is 13.2 Å². The second kappa shape index (κ2) is 4.44. The van der Waals surface area contributed by atoms with Crippen LogP contribution in [0, 0.1) is 0 Å². The van der Waals surface area contributed by atoms with Crippen molar-refractivity contribution in [2.45, 2.75) is 19.5 Å². The smallest absolute Gasteiger partial charge is 0.119 e. The molecule has 0 aliphatic carbocycles. The van der Waals surface area contributed by atoms with E-state index in [1.54, 1.807) is 0 Å². The lowest BCUT2D eigenvalue weighted by atomic mass is 10.1. The van der Waals surface area contributed by atoms with Gasteiger partial charge in [0.1, 0.15) is 5.75 Å². The maximum atomic E-state index is 5.56. The van der Waals surface area contributed by atoms with Crippen molar-refractivity contribution >= 4 is 0 Å². The van der Waals surface area contributed by atoms with Crippen molar-refractivity contribution in [1.29, 1.82) is 0 Å². The van der Waals surface area contributed by atoms with E-state index in [2.05, 4.69) is 17.4 Å². The standard InChI is InChI=1S/C11H16N2O/c12-4-1-5-14-11-3-2-9-7-13-8-10(9)6-11/h2-3,6,13H,1,4-5,7-8,12H2. The average molecular weight is 192 g/mol. The topological polar surface area (TPSA) is 47.3 Å². The third kappa shape index (κ3) is 2.05. The van der Waals surface area contributed by atoms with E-state index in [1.165, 1.54) is 11.1 Å². The fraction of sp³-hybridized carbons (Fsp3) is 0.455. The van der Waals surface area contributed by atoms with Gasteiger partial charge >= 0.3 is 0 Å². The lowest BCUT2D eigenvalue weighted by molar-refractivity contribution is 0.313. The summed E-state index contributed by atoms with van der Waals surface area (Å²) in [4.78, 5) is 0. The molecule has 1 heterocycles. The van der Waals surface area contributed by atoms with Gasteiger partial charge in [0.15, 0.2) is 0 Å². The molecule has 3 N–H and O–H groups in total. The predicted octanol–water partition coefficient (Wildman–Crippen LogP) is 1.02. The van der Waals surface area contributed by atoms with Gasteiger partial charge in [0, 0.05) is 13.1 Å². The highest BCUT2D eigenvalue weighted by Crippen LogP contribution is 2.21. The first-order valence-corrected chi connectivity index (χ1v) is 5.05. The summed E-state index contributed by atoms with van der Waals surface area (Å²) in [7, 11) is 0. The van der Waals surface area contributed by atoms with Crippen LogP contribution in [-0.2, 0) is 13.1 Å². The first kappa shape index (κ1) is 9.49. The van der Waals surface area contributed by atoms with E-state index in [9.17, 15) is 0 Å². The third-order valence-electron chi connectivity index (χ3n) is 2.43. The van der Waals surface area contributed by atoms with Crippen LogP contribution in [0.15, 0.2) is 18.2 Å². The van der Waals surface area contributed by atoms with Crippen molar-refractivity contribution in [3.05, 3.63) is 29.3 Å². The van der Waals surface area contributed by atoms with Crippen LogP contribution in [0.1, 0.15) is 17.5 Å². The van der Waals surface area contributed by atoms with Crippen molar-refractivity contribution < 1.29 is 4.74 Å². The van der Waals surface area contributed by atoms with E-state index in [-0.39, 0.29) is 0 Å². The number of nitrogens with two attached hydrogens (primary N) is 1. The summed E-state index contributed by atoms with van der Waals surface area (Å²) in [5, 5.41) is 3.31. The Morgan fingerprint density at radius 2 is 2.14 bits per heavy atom. The number of rotatable bonds is 4. The van der Waals surface area contributed by atoms with Gasteiger partial charge in [-0.25, -0.2) is 0 Å². The van der Waals surface area contributed by atoms with Crippen molar-refractivity contribution in [1.82, 2.24) is 5.32 Å². The van der Waals surface area contributed by atoms with Crippen LogP contribution >= 0.6 is 0 Å². The van der Waals surface area contributed by atoms with Crippen molar-refractivity contribution in [2.24, 2.45) is 5.73 Å². The molecule has 0 aromatic heterocycles. The number of fused-ring (bicyclic) bond motifs is 1. The molecule has 14 heavy (non-hydrogen) atoms. The Hall–Kier alpha value is -1.06. The Balaban J connectivity index is 1.98. The Morgan fingerprint density at radius 1 is 1.29 bits per heavy atom. The van der Waals surface area contributed by atoms with Gasteiger partial charge in [-0.1, -0.05) is 6.07 Å². The molecule has 0 saturated heterocycles. The normalized spacial score (nSPS) is 14.1. The largest absolute Gasteiger partial charge is 0.494 e. The molecule has 0 saturated carbocycles. The van der Waals surface area contributed by atoms with Crippen LogP contribution in [-0.4, -0.2) is 13.2 Å². The molecular formula is C11H16N2O. The highest BCUT2D eigenvalue weighted by atomic mass is 16.5. The lowest BCUT2D eigenvalue weighted by Gasteiger charge is -2.06.